The number of esters is 1. The van der Waals surface area contributed by atoms with E-state index in [-0.39, 0.29) is 5.91 Å². The van der Waals surface area contributed by atoms with Crippen molar-refractivity contribution in [1.82, 2.24) is 4.98 Å². The summed E-state index contributed by atoms with van der Waals surface area (Å²) in [5, 5.41) is 5.92. The topological polar surface area (TPSA) is 80.3 Å². The first-order valence-electron chi connectivity index (χ1n) is 7.93. The molecule has 0 radical (unpaired) electrons. The maximum Gasteiger partial charge on any atom is 0.337 e. The summed E-state index contributed by atoms with van der Waals surface area (Å²) in [7, 11) is 1.34. The normalized spacial score (nSPS) is 10.0. The summed E-state index contributed by atoms with van der Waals surface area (Å²) in [6.45, 7) is 0. The van der Waals surface area contributed by atoms with Gasteiger partial charge in [-0.25, -0.2) is 9.78 Å². The number of hydrogen-bond acceptors (Lipinski definition) is 5. The van der Waals surface area contributed by atoms with E-state index in [0.717, 1.165) is 5.69 Å². The molecule has 0 fully saturated rings. The van der Waals surface area contributed by atoms with Gasteiger partial charge in [0.25, 0.3) is 5.91 Å². The summed E-state index contributed by atoms with van der Waals surface area (Å²) in [4.78, 5) is 28.0. The fourth-order valence-electron chi connectivity index (χ4n) is 2.33. The third kappa shape index (κ3) is 4.24. The van der Waals surface area contributed by atoms with E-state index < -0.39 is 5.97 Å². The lowest BCUT2D eigenvalue weighted by atomic mass is 10.2. The Balaban J connectivity index is 1.68. The number of aromatic nitrogens is 1. The van der Waals surface area contributed by atoms with Crippen molar-refractivity contribution in [3.63, 3.8) is 0 Å². The van der Waals surface area contributed by atoms with Crippen molar-refractivity contribution < 1.29 is 14.3 Å². The molecule has 0 aliphatic carbocycles. The van der Waals surface area contributed by atoms with Gasteiger partial charge in [0.1, 0.15) is 5.69 Å². The minimum Gasteiger partial charge on any atom is -0.465 e. The van der Waals surface area contributed by atoms with Crippen molar-refractivity contribution >= 4 is 28.9 Å². The Morgan fingerprint density at radius 3 is 2.35 bits per heavy atom. The van der Waals surface area contributed by atoms with E-state index in [1.165, 1.54) is 7.11 Å². The third-order valence-corrected chi connectivity index (χ3v) is 3.60. The van der Waals surface area contributed by atoms with Gasteiger partial charge < -0.3 is 15.4 Å². The molecule has 0 saturated heterocycles. The molecule has 0 unspecified atom stereocenters. The minimum atomic E-state index is -0.403. The highest BCUT2D eigenvalue weighted by molar-refractivity contribution is 6.03. The number of methoxy groups -OCH3 is 1. The van der Waals surface area contributed by atoms with Crippen LogP contribution in [0, 0.1) is 0 Å². The average molecular weight is 347 g/mol. The maximum atomic E-state index is 12.2. The number of nitrogens with zero attached hydrogens (tertiary/aromatic N) is 1. The van der Waals surface area contributed by atoms with E-state index in [1.807, 2.05) is 36.4 Å². The van der Waals surface area contributed by atoms with Crippen LogP contribution in [0.1, 0.15) is 20.8 Å². The summed E-state index contributed by atoms with van der Waals surface area (Å²) >= 11 is 0. The molecule has 1 amide bonds. The van der Waals surface area contributed by atoms with E-state index >= 15 is 0 Å². The monoisotopic (exact) mass is 347 g/mol. The molecule has 26 heavy (non-hydrogen) atoms. The largest absolute Gasteiger partial charge is 0.465 e. The van der Waals surface area contributed by atoms with E-state index in [9.17, 15) is 9.59 Å². The number of para-hydroxylation sites is 1. The maximum absolute atomic E-state index is 12.2. The number of carbonyl (C=O) groups is 2. The van der Waals surface area contributed by atoms with Crippen LogP contribution in [0.15, 0.2) is 72.9 Å². The Bertz CT molecular complexity index is 909. The van der Waals surface area contributed by atoms with Gasteiger partial charge >= 0.3 is 5.97 Å². The van der Waals surface area contributed by atoms with Crippen LogP contribution in [0.25, 0.3) is 0 Å². The molecule has 6 nitrogen and oxygen atoms in total. The van der Waals surface area contributed by atoms with Crippen molar-refractivity contribution in [3.8, 4) is 0 Å². The lowest BCUT2D eigenvalue weighted by Gasteiger charge is -2.09. The van der Waals surface area contributed by atoms with Gasteiger partial charge in [0.2, 0.25) is 0 Å². The molecule has 0 spiro atoms. The molecule has 2 N–H and O–H groups in total. The summed E-state index contributed by atoms with van der Waals surface area (Å²) in [5.41, 5.74) is 2.88. The molecular formula is C20H17N3O3. The van der Waals surface area contributed by atoms with E-state index in [2.05, 4.69) is 15.6 Å². The lowest BCUT2D eigenvalue weighted by molar-refractivity contribution is 0.0600. The van der Waals surface area contributed by atoms with Gasteiger partial charge in [0.05, 0.1) is 24.6 Å². The van der Waals surface area contributed by atoms with Crippen LogP contribution < -0.4 is 10.6 Å². The van der Waals surface area contributed by atoms with Gasteiger partial charge in [-0.15, -0.1) is 0 Å². The highest BCUT2D eigenvalue weighted by Gasteiger charge is 2.08. The zero-order valence-corrected chi connectivity index (χ0v) is 14.1. The highest BCUT2D eigenvalue weighted by Crippen LogP contribution is 2.18. The highest BCUT2D eigenvalue weighted by atomic mass is 16.5. The molecule has 2 aromatic carbocycles. The van der Waals surface area contributed by atoms with Crippen LogP contribution in [-0.4, -0.2) is 24.0 Å². The van der Waals surface area contributed by atoms with Gasteiger partial charge in [-0.2, -0.15) is 0 Å². The molecular weight excluding hydrogens is 330 g/mol. The number of ether oxygens (including phenoxy) is 1. The molecule has 0 bridgehead atoms. The molecule has 130 valence electrons. The standard InChI is InChI=1S/C20H17N3O3/c1-26-20(25)14-6-5-9-16(12-14)22-17-10-11-18(21-13-17)19(24)23-15-7-3-2-4-8-15/h2-13,22H,1H3,(H,23,24). The number of anilines is 3. The zero-order chi connectivity index (χ0) is 18.4. The first-order valence-corrected chi connectivity index (χ1v) is 7.93. The Kier molecular flexibility index (Phi) is 5.24. The minimum absolute atomic E-state index is 0.282. The fourth-order valence-corrected chi connectivity index (χ4v) is 2.33. The number of carbonyl (C=O) groups excluding carboxylic acids is 2. The first kappa shape index (κ1) is 17.2. The van der Waals surface area contributed by atoms with Crippen molar-refractivity contribution in [2.75, 3.05) is 17.7 Å². The van der Waals surface area contributed by atoms with Crippen molar-refractivity contribution in [2.45, 2.75) is 0 Å². The second-order valence-corrected chi connectivity index (χ2v) is 5.45. The van der Waals surface area contributed by atoms with Gasteiger partial charge in [0.15, 0.2) is 0 Å². The Hall–Kier alpha value is -3.67. The molecule has 0 aliphatic rings. The van der Waals surface area contributed by atoms with E-state index in [4.69, 9.17) is 4.74 Å². The number of hydrogen-bond donors (Lipinski definition) is 2. The lowest BCUT2D eigenvalue weighted by Crippen LogP contribution is -2.13. The molecule has 1 aromatic heterocycles. The number of pyridine rings is 1. The third-order valence-electron chi connectivity index (χ3n) is 3.60. The summed E-state index contributed by atoms with van der Waals surface area (Å²) < 4.78 is 4.71. The van der Waals surface area contributed by atoms with Gasteiger partial charge in [-0.05, 0) is 42.5 Å². The molecule has 0 atom stereocenters. The van der Waals surface area contributed by atoms with Crippen LogP contribution >= 0.6 is 0 Å². The fraction of sp³-hybridized carbons (Fsp3) is 0.0500. The summed E-state index contributed by atoms with van der Waals surface area (Å²) in [5.74, 6) is -0.685. The molecule has 0 saturated carbocycles. The number of benzene rings is 2. The van der Waals surface area contributed by atoms with Crippen LogP contribution in [-0.2, 0) is 4.74 Å². The Labute approximate surface area is 150 Å². The second kappa shape index (κ2) is 7.94. The predicted molar refractivity (Wildman–Crippen MR) is 99.7 cm³/mol. The van der Waals surface area contributed by atoms with Gasteiger partial charge in [0, 0.05) is 11.4 Å². The van der Waals surface area contributed by atoms with Crippen LogP contribution in [0.5, 0.6) is 0 Å². The number of nitrogens with one attached hydrogen (secondary N) is 2. The Morgan fingerprint density at radius 1 is 0.885 bits per heavy atom. The smallest absolute Gasteiger partial charge is 0.337 e. The van der Waals surface area contributed by atoms with Gasteiger partial charge in [-0.1, -0.05) is 24.3 Å². The predicted octanol–water partition coefficient (Wildman–Crippen LogP) is 3.86. The van der Waals surface area contributed by atoms with Crippen LogP contribution in [0.3, 0.4) is 0 Å². The van der Waals surface area contributed by atoms with Crippen molar-refractivity contribution in [2.24, 2.45) is 0 Å². The van der Waals surface area contributed by atoms with Crippen molar-refractivity contribution in [3.05, 3.63) is 84.2 Å². The summed E-state index contributed by atoms with van der Waals surface area (Å²) in [6, 6.07) is 19.5. The summed E-state index contributed by atoms with van der Waals surface area (Å²) in [6.07, 6.45) is 1.56. The first-order chi connectivity index (χ1) is 12.7. The SMILES string of the molecule is COC(=O)c1cccc(Nc2ccc(C(=O)Nc3ccccc3)nc2)c1. The van der Waals surface area contributed by atoms with E-state index in [0.29, 0.717) is 22.6 Å². The molecule has 3 aromatic rings. The Morgan fingerprint density at radius 2 is 1.65 bits per heavy atom. The zero-order valence-electron chi connectivity index (χ0n) is 14.1. The second-order valence-electron chi connectivity index (χ2n) is 5.45. The molecule has 0 aliphatic heterocycles. The molecule has 3 rings (SSSR count). The molecule has 1 heterocycles. The number of rotatable bonds is 5. The van der Waals surface area contributed by atoms with Crippen LogP contribution in [0.4, 0.5) is 17.1 Å². The van der Waals surface area contributed by atoms with Crippen molar-refractivity contribution in [1.29, 1.82) is 0 Å². The van der Waals surface area contributed by atoms with E-state index in [1.54, 1.807) is 36.5 Å². The van der Waals surface area contributed by atoms with Gasteiger partial charge in [-0.3, -0.25) is 4.79 Å². The average Bonchev–Trinajstić information content (AvgIpc) is 2.69. The van der Waals surface area contributed by atoms with Crippen LogP contribution in [0.2, 0.25) is 0 Å². The number of amides is 1. The molecule has 6 heteroatoms. The quantitative estimate of drug-likeness (QED) is 0.685.